The number of aliphatic carboxylic acids is 1. The van der Waals surface area contributed by atoms with Gasteiger partial charge in [-0.1, -0.05) is 30.3 Å². The molecule has 1 heterocycles. The van der Waals surface area contributed by atoms with Gasteiger partial charge in [0, 0.05) is 17.2 Å². The number of para-hydroxylation sites is 2. The largest absolute Gasteiger partial charge is 0.496 e. The van der Waals surface area contributed by atoms with Gasteiger partial charge in [-0.2, -0.15) is 0 Å². The van der Waals surface area contributed by atoms with Crippen molar-refractivity contribution in [1.82, 2.24) is 9.97 Å². The number of ether oxygens (including phenoxy) is 2. The smallest absolute Gasteiger partial charge is 0.333 e. The maximum absolute atomic E-state index is 11.4. The number of rotatable bonds is 8. The minimum absolute atomic E-state index is 0.181. The van der Waals surface area contributed by atoms with E-state index in [0.29, 0.717) is 41.4 Å². The first kappa shape index (κ1) is 19.8. The number of hydrogen-bond acceptors (Lipinski definition) is 6. The Labute approximate surface area is 174 Å². The van der Waals surface area contributed by atoms with Crippen molar-refractivity contribution in [3.05, 3.63) is 72.1 Å². The lowest BCUT2D eigenvalue weighted by Crippen LogP contribution is -2.34. The number of benzene rings is 2. The second-order valence-corrected chi connectivity index (χ2v) is 7.25. The van der Waals surface area contributed by atoms with Gasteiger partial charge in [-0.25, -0.2) is 14.8 Å². The van der Waals surface area contributed by atoms with Gasteiger partial charge in [-0.05, 0) is 37.1 Å². The van der Waals surface area contributed by atoms with E-state index in [-0.39, 0.29) is 6.61 Å². The fourth-order valence-electron chi connectivity index (χ4n) is 3.65. The summed E-state index contributed by atoms with van der Waals surface area (Å²) in [7, 11) is 1.60. The van der Waals surface area contributed by atoms with Gasteiger partial charge in [0.15, 0.2) is 11.9 Å². The summed E-state index contributed by atoms with van der Waals surface area (Å²) in [6, 6.07) is 16.5. The lowest BCUT2D eigenvalue weighted by molar-refractivity contribution is -0.148. The van der Waals surface area contributed by atoms with Gasteiger partial charge in [0.1, 0.15) is 18.1 Å². The molecule has 0 amide bonds. The summed E-state index contributed by atoms with van der Waals surface area (Å²) in [5.74, 6) is 0.536. The molecule has 1 atom stereocenters. The minimum atomic E-state index is -1.46. The number of methoxy groups -OCH3 is 1. The van der Waals surface area contributed by atoms with Crippen molar-refractivity contribution in [1.29, 1.82) is 0 Å². The normalized spacial score (nSPS) is 15.3. The van der Waals surface area contributed by atoms with Crippen molar-refractivity contribution >= 4 is 5.97 Å². The first-order valence-electron chi connectivity index (χ1n) is 9.63. The predicted octanol–water partition coefficient (Wildman–Crippen LogP) is 3.21. The number of aromatic nitrogens is 2. The zero-order valence-electron chi connectivity index (χ0n) is 16.5. The van der Waals surface area contributed by atoms with E-state index >= 15 is 0 Å². The molecule has 1 aliphatic rings. The molecule has 2 aromatic carbocycles. The average molecular weight is 406 g/mol. The molecule has 0 bridgehead atoms. The summed E-state index contributed by atoms with van der Waals surface area (Å²) in [4.78, 5) is 20.3. The summed E-state index contributed by atoms with van der Waals surface area (Å²) in [5.41, 5.74) is 1.36. The zero-order valence-corrected chi connectivity index (χ0v) is 16.5. The lowest BCUT2D eigenvalue weighted by Gasteiger charge is -2.22. The van der Waals surface area contributed by atoms with Gasteiger partial charge in [0.25, 0.3) is 0 Å². The maximum atomic E-state index is 11.4. The van der Waals surface area contributed by atoms with Crippen LogP contribution in [0.15, 0.2) is 60.8 Å². The van der Waals surface area contributed by atoms with Crippen molar-refractivity contribution in [2.24, 2.45) is 0 Å². The van der Waals surface area contributed by atoms with Crippen molar-refractivity contribution < 1.29 is 24.5 Å². The molecule has 7 nitrogen and oxygen atoms in total. The fourth-order valence-corrected chi connectivity index (χ4v) is 3.65. The van der Waals surface area contributed by atoms with E-state index in [1.54, 1.807) is 25.4 Å². The third-order valence-electron chi connectivity index (χ3n) is 5.41. The Kier molecular flexibility index (Phi) is 5.37. The summed E-state index contributed by atoms with van der Waals surface area (Å²) >= 11 is 0. The summed E-state index contributed by atoms with van der Waals surface area (Å²) in [6.07, 6.45) is 1.41. The van der Waals surface area contributed by atoms with E-state index in [1.807, 2.05) is 42.5 Å². The van der Waals surface area contributed by atoms with Crippen LogP contribution in [0.5, 0.6) is 11.5 Å². The molecule has 1 saturated carbocycles. The van der Waals surface area contributed by atoms with Crippen LogP contribution in [0.25, 0.3) is 11.4 Å². The average Bonchev–Trinajstić information content (AvgIpc) is 3.59. The highest BCUT2D eigenvalue weighted by molar-refractivity contribution is 5.76. The van der Waals surface area contributed by atoms with E-state index in [0.717, 1.165) is 5.56 Å². The molecule has 0 aliphatic heterocycles. The number of carboxylic acid groups (broad SMARTS) is 1. The number of nitrogens with zero attached hydrogens (tertiary/aromatic N) is 2. The Hall–Kier alpha value is -3.45. The molecule has 0 spiro atoms. The monoisotopic (exact) mass is 406 g/mol. The van der Waals surface area contributed by atoms with Crippen LogP contribution in [0.2, 0.25) is 0 Å². The molecule has 3 aromatic rings. The third-order valence-corrected chi connectivity index (χ3v) is 5.41. The van der Waals surface area contributed by atoms with Gasteiger partial charge in [0.2, 0.25) is 0 Å². The van der Waals surface area contributed by atoms with Gasteiger partial charge < -0.3 is 19.7 Å². The van der Waals surface area contributed by atoms with Crippen LogP contribution >= 0.6 is 0 Å². The molecular formula is C23H22N2O5. The Balaban J connectivity index is 1.57. The number of aliphatic hydroxyl groups is 1. The molecular weight excluding hydrogens is 384 g/mol. The zero-order chi connectivity index (χ0) is 21.1. The van der Waals surface area contributed by atoms with Crippen LogP contribution in [0.3, 0.4) is 0 Å². The summed E-state index contributed by atoms with van der Waals surface area (Å²) in [6.45, 7) is 0.181. The highest BCUT2D eigenvalue weighted by Gasteiger charge is 2.54. The Morgan fingerprint density at radius 1 is 1.10 bits per heavy atom. The predicted molar refractivity (Wildman–Crippen MR) is 109 cm³/mol. The van der Waals surface area contributed by atoms with E-state index in [4.69, 9.17) is 9.47 Å². The number of carboxylic acids is 1. The highest BCUT2D eigenvalue weighted by Crippen LogP contribution is 2.53. The van der Waals surface area contributed by atoms with Crippen LogP contribution in [-0.4, -0.2) is 39.4 Å². The standard InChI is InChI=1S/C23H22N2O5/c1-29-18-8-4-2-6-16(18)21-24-13-10-15(25-21)14-30-19-9-5-3-7-17(19)23(11-12-23)20(26)22(27)28/h2-10,13,20,26H,11-12,14H2,1H3,(H,27,28). The van der Waals surface area contributed by atoms with E-state index in [2.05, 4.69) is 9.97 Å². The molecule has 0 radical (unpaired) electrons. The molecule has 0 saturated heterocycles. The van der Waals surface area contributed by atoms with E-state index in [1.165, 1.54) is 0 Å². The molecule has 1 unspecified atom stereocenters. The molecule has 1 fully saturated rings. The molecule has 4 rings (SSSR count). The second kappa shape index (κ2) is 8.12. The molecule has 2 N–H and O–H groups in total. The minimum Gasteiger partial charge on any atom is -0.496 e. The van der Waals surface area contributed by atoms with Crippen LogP contribution in [-0.2, 0) is 16.8 Å². The van der Waals surface area contributed by atoms with Gasteiger partial charge in [-0.15, -0.1) is 0 Å². The fraction of sp³-hybridized carbons (Fsp3) is 0.261. The summed E-state index contributed by atoms with van der Waals surface area (Å²) < 4.78 is 11.4. The van der Waals surface area contributed by atoms with E-state index in [9.17, 15) is 15.0 Å². The first-order chi connectivity index (χ1) is 14.5. The van der Waals surface area contributed by atoms with Crippen molar-refractivity contribution in [3.8, 4) is 22.9 Å². The van der Waals surface area contributed by atoms with Crippen LogP contribution in [0, 0.1) is 0 Å². The molecule has 30 heavy (non-hydrogen) atoms. The molecule has 7 heteroatoms. The summed E-state index contributed by atoms with van der Waals surface area (Å²) in [5, 5.41) is 19.5. The highest BCUT2D eigenvalue weighted by atomic mass is 16.5. The van der Waals surface area contributed by atoms with Crippen molar-refractivity contribution in [2.75, 3.05) is 7.11 Å². The third kappa shape index (κ3) is 3.71. The molecule has 1 aromatic heterocycles. The maximum Gasteiger partial charge on any atom is 0.333 e. The topological polar surface area (TPSA) is 102 Å². The van der Waals surface area contributed by atoms with Crippen LogP contribution < -0.4 is 9.47 Å². The number of aliphatic hydroxyl groups excluding tert-OH is 1. The van der Waals surface area contributed by atoms with Crippen molar-refractivity contribution in [3.63, 3.8) is 0 Å². The Bertz CT molecular complexity index is 1060. The Morgan fingerprint density at radius 3 is 2.50 bits per heavy atom. The van der Waals surface area contributed by atoms with Crippen LogP contribution in [0.4, 0.5) is 0 Å². The Morgan fingerprint density at radius 2 is 1.80 bits per heavy atom. The molecule has 1 aliphatic carbocycles. The van der Waals surface area contributed by atoms with Gasteiger partial charge in [-0.3, -0.25) is 0 Å². The lowest BCUT2D eigenvalue weighted by atomic mass is 9.89. The van der Waals surface area contributed by atoms with E-state index < -0.39 is 17.5 Å². The number of carbonyl (C=O) groups is 1. The van der Waals surface area contributed by atoms with Gasteiger partial charge in [0.05, 0.1) is 18.4 Å². The van der Waals surface area contributed by atoms with Gasteiger partial charge >= 0.3 is 5.97 Å². The SMILES string of the molecule is COc1ccccc1-c1nccc(COc2ccccc2C2(C(O)C(=O)O)CC2)n1. The number of hydrogen-bond donors (Lipinski definition) is 2. The van der Waals surface area contributed by atoms with Crippen LogP contribution in [0.1, 0.15) is 24.1 Å². The first-order valence-corrected chi connectivity index (χ1v) is 9.63. The molecule has 154 valence electrons. The van der Waals surface area contributed by atoms with Crippen molar-refractivity contribution in [2.45, 2.75) is 31.0 Å². The quantitative estimate of drug-likeness (QED) is 0.592. The second-order valence-electron chi connectivity index (χ2n) is 7.25.